The van der Waals surface area contributed by atoms with Gasteiger partial charge in [-0.25, -0.2) is 13.2 Å². The highest BCUT2D eigenvalue weighted by Gasteiger charge is 2.19. The summed E-state index contributed by atoms with van der Waals surface area (Å²) in [5, 5.41) is 0. The maximum atomic E-state index is 14.0. The third-order valence-corrected chi connectivity index (χ3v) is 3.56. The first kappa shape index (κ1) is 16.4. The molecule has 0 unspecified atom stereocenters. The molecule has 0 fully saturated rings. The van der Waals surface area contributed by atoms with Crippen LogP contribution in [0.2, 0.25) is 0 Å². The number of halogens is 4. The Morgan fingerprint density at radius 3 is 2.55 bits per heavy atom. The van der Waals surface area contributed by atoms with E-state index < -0.39 is 17.5 Å². The Kier molecular flexibility index (Phi) is 5.13. The van der Waals surface area contributed by atoms with Crippen LogP contribution in [-0.4, -0.2) is 6.61 Å². The summed E-state index contributed by atoms with van der Waals surface area (Å²) >= 11 is 3.13. The molecule has 2 aromatic rings. The van der Waals surface area contributed by atoms with Crippen LogP contribution in [0, 0.1) is 17.5 Å². The Bertz CT molecular complexity index is 719. The second-order valence-corrected chi connectivity index (χ2v) is 5.49. The third kappa shape index (κ3) is 3.44. The Morgan fingerprint density at radius 2 is 1.91 bits per heavy atom. The van der Waals surface area contributed by atoms with Gasteiger partial charge in [0.25, 0.3) is 0 Å². The van der Waals surface area contributed by atoms with Crippen molar-refractivity contribution in [3.05, 3.63) is 70.0 Å². The highest BCUT2D eigenvalue weighted by molar-refractivity contribution is 9.10. The Morgan fingerprint density at radius 1 is 1.18 bits per heavy atom. The lowest BCUT2D eigenvalue weighted by Gasteiger charge is -2.14. The van der Waals surface area contributed by atoms with E-state index in [1.807, 2.05) is 0 Å². The van der Waals surface area contributed by atoms with Crippen molar-refractivity contribution in [3.63, 3.8) is 0 Å². The first-order valence-corrected chi connectivity index (χ1v) is 7.17. The fraction of sp³-hybridized carbons (Fsp3) is 0.125. The van der Waals surface area contributed by atoms with Crippen LogP contribution < -0.4 is 10.5 Å². The van der Waals surface area contributed by atoms with Crippen molar-refractivity contribution in [1.82, 2.24) is 0 Å². The molecule has 2 rings (SSSR count). The van der Waals surface area contributed by atoms with Gasteiger partial charge in [0.15, 0.2) is 11.6 Å². The van der Waals surface area contributed by atoms with Gasteiger partial charge >= 0.3 is 0 Å². The van der Waals surface area contributed by atoms with Crippen molar-refractivity contribution in [2.24, 2.45) is 0 Å². The van der Waals surface area contributed by atoms with Gasteiger partial charge in [0, 0.05) is 22.5 Å². The van der Waals surface area contributed by atoms with Crippen molar-refractivity contribution >= 4 is 21.6 Å². The van der Waals surface area contributed by atoms with Crippen LogP contribution in [0.25, 0.3) is 0 Å². The van der Waals surface area contributed by atoms with E-state index >= 15 is 0 Å². The van der Waals surface area contributed by atoms with Crippen LogP contribution in [-0.2, 0) is 6.42 Å². The molecular weight excluding hydrogens is 359 g/mol. The molecule has 0 spiro atoms. The Labute approximate surface area is 134 Å². The fourth-order valence-electron chi connectivity index (χ4n) is 1.96. The average molecular weight is 372 g/mol. The minimum atomic E-state index is -1.11. The summed E-state index contributed by atoms with van der Waals surface area (Å²) in [4.78, 5) is 0. The topological polar surface area (TPSA) is 35.2 Å². The van der Waals surface area contributed by atoms with Crippen molar-refractivity contribution < 1.29 is 17.9 Å². The Balaban J connectivity index is 2.44. The molecule has 0 amide bonds. The summed E-state index contributed by atoms with van der Waals surface area (Å²) in [5.74, 6) is -2.73. The fourth-order valence-corrected chi connectivity index (χ4v) is 2.30. The molecule has 0 radical (unpaired) electrons. The van der Waals surface area contributed by atoms with Crippen LogP contribution in [0.5, 0.6) is 5.75 Å². The van der Waals surface area contributed by atoms with E-state index in [9.17, 15) is 13.2 Å². The van der Waals surface area contributed by atoms with Crippen LogP contribution in [0.1, 0.15) is 11.1 Å². The molecule has 0 aliphatic rings. The van der Waals surface area contributed by atoms with E-state index in [4.69, 9.17) is 10.5 Å². The first-order chi connectivity index (χ1) is 10.4. The van der Waals surface area contributed by atoms with Gasteiger partial charge in [-0.2, -0.15) is 0 Å². The summed E-state index contributed by atoms with van der Waals surface area (Å²) in [7, 11) is 0. The molecular formula is C16H13BrF3NO. The molecule has 0 atom stereocenters. The van der Waals surface area contributed by atoms with Gasteiger partial charge in [-0.05, 0) is 17.7 Å². The predicted molar refractivity (Wildman–Crippen MR) is 83.4 cm³/mol. The van der Waals surface area contributed by atoms with Crippen molar-refractivity contribution in [2.75, 3.05) is 12.3 Å². The summed E-state index contributed by atoms with van der Waals surface area (Å²) in [6.07, 6.45) is 1.27. The minimum Gasteiger partial charge on any atom is -0.487 e. The van der Waals surface area contributed by atoms with Gasteiger partial charge < -0.3 is 10.5 Å². The average Bonchev–Trinajstić information content (AvgIpc) is 2.48. The standard InChI is InChI=1S/C16H13BrF3NO/c1-2-5-22-14-8-13(19)15(20)11(16(14)21)6-9-3-4-10(17)7-12(9)18/h2-4,7-8H,1,5-6,21H2. The summed E-state index contributed by atoms with van der Waals surface area (Å²) in [6.45, 7) is 3.57. The van der Waals surface area contributed by atoms with E-state index in [1.54, 1.807) is 6.07 Å². The number of hydrogen-bond acceptors (Lipinski definition) is 2. The summed E-state index contributed by atoms with van der Waals surface area (Å²) < 4.78 is 47.3. The normalized spacial score (nSPS) is 10.5. The molecule has 22 heavy (non-hydrogen) atoms. The lowest BCUT2D eigenvalue weighted by atomic mass is 10.0. The number of nitrogen functional groups attached to an aromatic ring is 1. The molecule has 0 bridgehead atoms. The number of rotatable bonds is 5. The first-order valence-electron chi connectivity index (χ1n) is 6.38. The molecule has 116 valence electrons. The quantitative estimate of drug-likeness (QED) is 0.615. The largest absolute Gasteiger partial charge is 0.487 e. The zero-order chi connectivity index (χ0) is 16.3. The van der Waals surface area contributed by atoms with Gasteiger partial charge in [-0.15, -0.1) is 0 Å². The SMILES string of the molecule is C=CCOc1cc(F)c(F)c(Cc2ccc(Br)cc2F)c1N. The number of benzene rings is 2. The molecule has 0 aliphatic carbocycles. The molecule has 2 aromatic carbocycles. The predicted octanol–water partition coefficient (Wildman–Crippen LogP) is 4.60. The van der Waals surface area contributed by atoms with Crippen LogP contribution in [0.4, 0.5) is 18.9 Å². The summed E-state index contributed by atoms with van der Waals surface area (Å²) in [6, 6.07) is 5.21. The van der Waals surface area contributed by atoms with E-state index in [0.29, 0.717) is 4.47 Å². The second kappa shape index (κ2) is 6.87. The van der Waals surface area contributed by atoms with Crippen LogP contribution in [0.15, 0.2) is 41.4 Å². The molecule has 0 saturated heterocycles. The zero-order valence-electron chi connectivity index (χ0n) is 11.5. The molecule has 6 heteroatoms. The monoisotopic (exact) mass is 371 g/mol. The molecule has 0 saturated carbocycles. The van der Waals surface area contributed by atoms with Gasteiger partial charge in [0.2, 0.25) is 0 Å². The Hall–Kier alpha value is -1.95. The zero-order valence-corrected chi connectivity index (χ0v) is 13.1. The second-order valence-electron chi connectivity index (χ2n) is 4.57. The molecule has 0 aliphatic heterocycles. The van der Waals surface area contributed by atoms with Crippen molar-refractivity contribution in [2.45, 2.75) is 6.42 Å². The molecule has 2 N–H and O–H groups in total. The highest BCUT2D eigenvalue weighted by atomic mass is 79.9. The summed E-state index contributed by atoms with van der Waals surface area (Å²) in [5.41, 5.74) is 5.84. The van der Waals surface area contributed by atoms with Gasteiger partial charge in [0.05, 0.1) is 5.69 Å². The van der Waals surface area contributed by atoms with Gasteiger partial charge in [-0.1, -0.05) is 34.7 Å². The maximum Gasteiger partial charge on any atom is 0.164 e. The van der Waals surface area contributed by atoms with Crippen molar-refractivity contribution in [1.29, 1.82) is 0 Å². The third-order valence-electron chi connectivity index (χ3n) is 3.06. The van der Waals surface area contributed by atoms with Crippen LogP contribution in [0.3, 0.4) is 0 Å². The number of nitrogens with two attached hydrogens (primary N) is 1. The van der Waals surface area contributed by atoms with E-state index in [1.165, 1.54) is 18.2 Å². The number of hydrogen-bond donors (Lipinski definition) is 1. The lowest BCUT2D eigenvalue weighted by molar-refractivity contribution is 0.359. The van der Waals surface area contributed by atoms with E-state index in [-0.39, 0.29) is 35.6 Å². The molecule has 0 aromatic heterocycles. The van der Waals surface area contributed by atoms with Crippen LogP contribution >= 0.6 is 15.9 Å². The number of anilines is 1. The van der Waals surface area contributed by atoms with Crippen molar-refractivity contribution in [3.8, 4) is 5.75 Å². The highest BCUT2D eigenvalue weighted by Crippen LogP contribution is 2.32. The van der Waals surface area contributed by atoms with E-state index in [2.05, 4.69) is 22.5 Å². The lowest BCUT2D eigenvalue weighted by Crippen LogP contribution is -2.07. The molecule has 2 nitrogen and oxygen atoms in total. The number of ether oxygens (including phenoxy) is 1. The minimum absolute atomic E-state index is 0.00585. The molecule has 0 heterocycles. The van der Waals surface area contributed by atoms with E-state index in [0.717, 1.165) is 6.07 Å². The maximum absolute atomic E-state index is 14.0. The van der Waals surface area contributed by atoms with Gasteiger partial charge in [-0.3, -0.25) is 0 Å². The smallest absolute Gasteiger partial charge is 0.164 e. The van der Waals surface area contributed by atoms with Gasteiger partial charge in [0.1, 0.15) is 18.2 Å².